The molecule has 2 amide bonds. The van der Waals surface area contributed by atoms with Crippen molar-refractivity contribution in [1.82, 2.24) is 9.47 Å². The van der Waals surface area contributed by atoms with Gasteiger partial charge in [-0.15, -0.1) is 0 Å². The van der Waals surface area contributed by atoms with Crippen molar-refractivity contribution in [3.8, 4) is 11.4 Å². The van der Waals surface area contributed by atoms with Gasteiger partial charge in [0.1, 0.15) is 12.4 Å². The van der Waals surface area contributed by atoms with Gasteiger partial charge in [-0.1, -0.05) is 18.2 Å². The minimum Gasteiger partial charge on any atom is -0.492 e. The highest BCUT2D eigenvalue weighted by Gasteiger charge is 2.35. The molecule has 0 saturated carbocycles. The van der Waals surface area contributed by atoms with Crippen molar-refractivity contribution < 1.29 is 27.5 Å². The molecule has 1 aliphatic heterocycles. The fourth-order valence-electron chi connectivity index (χ4n) is 3.95. The van der Waals surface area contributed by atoms with E-state index in [-0.39, 0.29) is 23.3 Å². The van der Waals surface area contributed by atoms with Crippen LogP contribution in [0.25, 0.3) is 11.8 Å². The van der Waals surface area contributed by atoms with Gasteiger partial charge in [-0.25, -0.2) is 0 Å². The highest BCUT2D eigenvalue weighted by molar-refractivity contribution is 8.18. The molecule has 1 saturated heterocycles. The lowest BCUT2D eigenvalue weighted by Crippen LogP contribution is -2.32. The number of benzene rings is 2. The smallest absolute Gasteiger partial charge is 0.416 e. The zero-order valence-corrected chi connectivity index (χ0v) is 20.2. The number of ether oxygens (including phenoxy) is 1. The van der Waals surface area contributed by atoms with Gasteiger partial charge in [-0.3, -0.25) is 14.5 Å². The number of rotatable bonds is 6. The third-order valence-electron chi connectivity index (χ3n) is 5.64. The van der Waals surface area contributed by atoms with Crippen LogP contribution in [0.1, 0.15) is 28.1 Å². The van der Waals surface area contributed by atoms with Gasteiger partial charge in [0.2, 0.25) is 0 Å². The largest absolute Gasteiger partial charge is 0.492 e. The van der Waals surface area contributed by atoms with Crippen molar-refractivity contribution >= 4 is 29.0 Å². The standard InChI is InChI=1S/C26H23F3N2O3S/c1-16-6-4-9-22(12-16)34-11-10-30-24(32)23(35-25(30)33)14-19-13-17(2)31(18(19)3)21-8-5-7-20(15-21)26(27,28)29/h4-9,12-15H,10-11H2,1-3H3/b23-14-. The van der Waals surface area contributed by atoms with Gasteiger partial charge in [0.25, 0.3) is 11.1 Å². The number of aryl methyl sites for hydroxylation is 2. The number of amides is 2. The number of alkyl halides is 3. The van der Waals surface area contributed by atoms with Gasteiger partial charge < -0.3 is 9.30 Å². The lowest BCUT2D eigenvalue weighted by molar-refractivity contribution is -0.137. The summed E-state index contributed by atoms with van der Waals surface area (Å²) in [6, 6.07) is 14.3. The van der Waals surface area contributed by atoms with Gasteiger partial charge >= 0.3 is 6.18 Å². The van der Waals surface area contributed by atoms with Crippen LogP contribution < -0.4 is 4.74 Å². The lowest BCUT2D eigenvalue weighted by atomic mass is 10.2. The van der Waals surface area contributed by atoms with E-state index in [9.17, 15) is 22.8 Å². The molecule has 0 radical (unpaired) electrons. The third-order valence-corrected chi connectivity index (χ3v) is 6.54. The monoisotopic (exact) mass is 500 g/mol. The van der Waals surface area contributed by atoms with E-state index >= 15 is 0 Å². The number of imide groups is 1. The van der Waals surface area contributed by atoms with Gasteiger partial charge in [-0.05, 0) is 86.1 Å². The molecule has 0 atom stereocenters. The van der Waals surface area contributed by atoms with E-state index in [1.54, 1.807) is 42.7 Å². The first kappa shape index (κ1) is 24.7. The molecule has 2 aromatic carbocycles. The van der Waals surface area contributed by atoms with Crippen molar-refractivity contribution in [2.45, 2.75) is 26.9 Å². The van der Waals surface area contributed by atoms with Crippen LogP contribution in [0, 0.1) is 20.8 Å². The molecule has 35 heavy (non-hydrogen) atoms. The molecule has 9 heteroatoms. The molecule has 0 spiro atoms. The Balaban J connectivity index is 1.52. The maximum absolute atomic E-state index is 13.2. The van der Waals surface area contributed by atoms with Crippen LogP contribution in [-0.2, 0) is 11.0 Å². The molecule has 1 fully saturated rings. The number of thioether (sulfide) groups is 1. The molecule has 0 unspecified atom stereocenters. The molecule has 3 aromatic rings. The quantitative estimate of drug-likeness (QED) is 0.361. The van der Waals surface area contributed by atoms with Gasteiger partial charge in [0, 0.05) is 17.1 Å². The van der Waals surface area contributed by atoms with Crippen LogP contribution in [-0.4, -0.2) is 33.8 Å². The molecule has 2 heterocycles. The number of aromatic nitrogens is 1. The molecule has 5 nitrogen and oxygen atoms in total. The predicted molar refractivity (Wildman–Crippen MR) is 130 cm³/mol. The summed E-state index contributed by atoms with van der Waals surface area (Å²) in [5, 5.41) is -0.388. The van der Waals surface area contributed by atoms with Gasteiger partial charge in [0.05, 0.1) is 17.0 Å². The average molecular weight is 501 g/mol. The van der Waals surface area contributed by atoms with E-state index in [0.717, 1.165) is 34.4 Å². The van der Waals surface area contributed by atoms with Gasteiger partial charge in [0.15, 0.2) is 0 Å². The number of hydrogen-bond donors (Lipinski definition) is 0. The van der Waals surface area contributed by atoms with Crippen LogP contribution in [0.3, 0.4) is 0 Å². The van der Waals surface area contributed by atoms with Crippen molar-refractivity contribution in [3.63, 3.8) is 0 Å². The van der Waals surface area contributed by atoms with E-state index in [4.69, 9.17) is 4.74 Å². The molecule has 0 bridgehead atoms. The number of carbonyl (C=O) groups excluding carboxylic acids is 2. The third kappa shape index (κ3) is 5.30. The van der Waals surface area contributed by atoms with Crippen molar-refractivity contribution in [2.24, 2.45) is 0 Å². The van der Waals surface area contributed by atoms with Gasteiger partial charge in [-0.2, -0.15) is 13.2 Å². The minimum absolute atomic E-state index is 0.110. The Bertz CT molecular complexity index is 1330. The molecule has 0 N–H and O–H groups in total. The Morgan fingerprint density at radius 2 is 1.74 bits per heavy atom. The summed E-state index contributed by atoms with van der Waals surface area (Å²) in [6.45, 7) is 5.76. The Labute approximate surface area is 205 Å². The Kier molecular flexibility index (Phi) is 6.80. The number of hydrogen-bond acceptors (Lipinski definition) is 4. The predicted octanol–water partition coefficient (Wildman–Crippen LogP) is 6.54. The summed E-state index contributed by atoms with van der Waals surface area (Å²) in [5.74, 6) is 0.242. The number of halogens is 3. The maximum Gasteiger partial charge on any atom is 0.416 e. The van der Waals surface area contributed by atoms with Crippen LogP contribution in [0.15, 0.2) is 59.5 Å². The van der Waals surface area contributed by atoms with Crippen molar-refractivity contribution in [2.75, 3.05) is 13.2 Å². The van der Waals surface area contributed by atoms with E-state index in [2.05, 4.69) is 0 Å². The molecule has 0 aliphatic carbocycles. The zero-order chi connectivity index (χ0) is 25.3. The fourth-order valence-corrected chi connectivity index (χ4v) is 4.80. The molecule has 1 aromatic heterocycles. The summed E-state index contributed by atoms with van der Waals surface area (Å²) >= 11 is 0.836. The number of carbonyl (C=O) groups is 2. The summed E-state index contributed by atoms with van der Waals surface area (Å²) in [7, 11) is 0. The van der Waals surface area contributed by atoms with Crippen molar-refractivity contribution in [3.05, 3.63) is 87.6 Å². The van der Waals surface area contributed by atoms with Crippen LogP contribution >= 0.6 is 11.8 Å². The Morgan fingerprint density at radius 3 is 2.46 bits per heavy atom. The Morgan fingerprint density at radius 1 is 1.00 bits per heavy atom. The first-order chi connectivity index (χ1) is 16.5. The molecule has 4 rings (SSSR count). The summed E-state index contributed by atoms with van der Waals surface area (Å²) in [5.41, 5.74) is 2.70. The van der Waals surface area contributed by atoms with E-state index in [0.29, 0.717) is 28.4 Å². The van der Waals surface area contributed by atoms with Crippen LogP contribution in [0.4, 0.5) is 18.0 Å². The summed E-state index contributed by atoms with van der Waals surface area (Å²) in [4.78, 5) is 26.7. The fraction of sp³-hybridized carbons (Fsp3) is 0.231. The summed E-state index contributed by atoms with van der Waals surface area (Å²) in [6.07, 6.45) is -2.84. The molecule has 182 valence electrons. The van der Waals surface area contributed by atoms with Crippen LogP contribution in [0.2, 0.25) is 0 Å². The first-order valence-corrected chi connectivity index (χ1v) is 11.7. The lowest BCUT2D eigenvalue weighted by Gasteiger charge is -2.13. The molecule has 1 aliphatic rings. The highest BCUT2D eigenvalue weighted by Crippen LogP contribution is 2.35. The number of nitrogens with zero attached hydrogens (tertiary/aromatic N) is 2. The van der Waals surface area contributed by atoms with Crippen molar-refractivity contribution in [1.29, 1.82) is 0 Å². The molecular formula is C26H23F3N2O3S. The average Bonchev–Trinajstić information content (AvgIpc) is 3.22. The zero-order valence-electron chi connectivity index (χ0n) is 19.3. The first-order valence-electron chi connectivity index (χ1n) is 10.9. The normalized spacial score (nSPS) is 15.4. The summed E-state index contributed by atoms with van der Waals surface area (Å²) < 4.78 is 46.9. The maximum atomic E-state index is 13.2. The second-order valence-electron chi connectivity index (χ2n) is 8.21. The Hall–Kier alpha value is -3.46. The van der Waals surface area contributed by atoms with E-state index in [1.165, 1.54) is 6.07 Å². The second-order valence-corrected chi connectivity index (χ2v) is 9.20. The molecular weight excluding hydrogens is 477 g/mol. The van der Waals surface area contributed by atoms with E-state index in [1.807, 2.05) is 25.1 Å². The SMILES string of the molecule is Cc1cccc(OCCN2C(=O)S/C(=C\c3cc(C)n(-c4cccc(C(F)(F)F)c4)c3C)C2=O)c1. The highest BCUT2D eigenvalue weighted by atomic mass is 32.2. The van der Waals surface area contributed by atoms with E-state index < -0.39 is 17.6 Å². The van der Waals surface area contributed by atoms with Crippen LogP contribution in [0.5, 0.6) is 5.75 Å². The minimum atomic E-state index is -4.45. The topological polar surface area (TPSA) is 51.5 Å². The second kappa shape index (κ2) is 9.65.